The van der Waals surface area contributed by atoms with E-state index in [1.807, 2.05) is 9.97 Å². The SMILES string of the molecule is C=CCOC(=O)C(CC=C)(CC=C)n1c(=O)[nH]c(=O)[nH]c1=O. The Morgan fingerprint density at radius 3 is 1.95 bits per heavy atom. The van der Waals surface area contributed by atoms with E-state index in [9.17, 15) is 19.2 Å². The highest BCUT2D eigenvalue weighted by molar-refractivity contribution is 5.79. The van der Waals surface area contributed by atoms with E-state index in [0.717, 1.165) is 0 Å². The number of nitrogens with one attached hydrogen (secondary N) is 2. The Balaban J connectivity index is 3.65. The van der Waals surface area contributed by atoms with E-state index in [0.29, 0.717) is 4.57 Å². The molecular weight excluding hydrogens is 290 g/mol. The van der Waals surface area contributed by atoms with Crippen LogP contribution in [-0.4, -0.2) is 27.1 Å². The van der Waals surface area contributed by atoms with Crippen LogP contribution >= 0.6 is 0 Å². The number of hydrogen-bond donors (Lipinski definition) is 2. The van der Waals surface area contributed by atoms with Gasteiger partial charge in [0, 0.05) is 12.8 Å². The molecule has 0 bridgehead atoms. The van der Waals surface area contributed by atoms with E-state index in [-0.39, 0.29) is 19.4 Å². The first-order chi connectivity index (χ1) is 10.4. The van der Waals surface area contributed by atoms with Gasteiger partial charge in [-0.2, -0.15) is 0 Å². The lowest BCUT2D eigenvalue weighted by molar-refractivity contribution is -0.153. The van der Waals surface area contributed by atoms with Gasteiger partial charge in [-0.15, -0.1) is 13.2 Å². The number of rotatable bonds is 8. The normalized spacial score (nSPS) is 10.7. The summed E-state index contributed by atoms with van der Waals surface area (Å²) >= 11 is 0. The predicted molar refractivity (Wildman–Crippen MR) is 80.7 cm³/mol. The second-order valence-corrected chi connectivity index (χ2v) is 4.43. The molecule has 0 aliphatic heterocycles. The molecule has 0 aromatic carbocycles. The van der Waals surface area contributed by atoms with E-state index in [1.165, 1.54) is 18.2 Å². The van der Waals surface area contributed by atoms with Gasteiger partial charge in [0.1, 0.15) is 6.61 Å². The first kappa shape index (κ1) is 17.2. The molecule has 0 radical (unpaired) electrons. The molecule has 0 saturated carbocycles. The number of H-pyrrole nitrogens is 2. The van der Waals surface area contributed by atoms with E-state index < -0.39 is 28.6 Å². The first-order valence-corrected chi connectivity index (χ1v) is 6.39. The summed E-state index contributed by atoms with van der Waals surface area (Å²) in [4.78, 5) is 51.5. The summed E-state index contributed by atoms with van der Waals surface area (Å²) in [6.07, 6.45) is 3.96. The molecule has 0 unspecified atom stereocenters. The molecule has 0 amide bonds. The summed E-state index contributed by atoms with van der Waals surface area (Å²) in [6, 6.07) is 0. The van der Waals surface area contributed by atoms with Gasteiger partial charge in [-0.1, -0.05) is 24.8 Å². The lowest BCUT2D eigenvalue weighted by atomic mass is 9.90. The molecule has 0 atom stereocenters. The predicted octanol–water partition coefficient (Wildman–Crippen LogP) is -0.198. The van der Waals surface area contributed by atoms with Crippen LogP contribution < -0.4 is 17.1 Å². The van der Waals surface area contributed by atoms with Crippen LogP contribution in [0.2, 0.25) is 0 Å². The summed E-state index contributed by atoms with van der Waals surface area (Å²) in [6.45, 7) is 10.4. The molecule has 8 heteroatoms. The summed E-state index contributed by atoms with van der Waals surface area (Å²) in [5.41, 5.74) is -4.68. The summed E-state index contributed by atoms with van der Waals surface area (Å²) in [5.74, 6) is -0.827. The molecule has 0 spiro atoms. The quantitative estimate of drug-likeness (QED) is 0.510. The van der Waals surface area contributed by atoms with Gasteiger partial charge in [0.15, 0.2) is 5.54 Å². The second kappa shape index (κ2) is 7.21. The van der Waals surface area contributed by atoms with Crippen LogP contribution in [0.25, 0.3) is 0 Å². The van der Waals surface area contributed by atoms with Gasteiger partial charge in [-0.25, -0.2) is 23.7 Å². The summed E-state index contributed by atoms with van der Waals surface area (Å²) in [5, 5.41) is 0. The molecule has 1 heterocycles. The zero-order valence-corrected chi connectivity index (χ0v) is 12.0. The number of aromatic nitrogens is 3. The van der Waals surface area contributed by atoms with Gasteiger partial charge in [0.2, 0.25) is 0 Å². The van der Waals surface area contributed by atoms with Crippen molar-refractivity contribution < 1.29 is 9.53 Å². The van der Waals surface area contributed by atoms with Crippen molar-refractivity contribution in [2.24, 2.45) is 0 Å². The standard InChI is InChI=1S/C14H17N3O5/c1-4-7-14(8-5-2,10(18)22-9-6-3)17-12(20)15-11(19)16-13(17)21/h4-6H,1-3,7-9H2,(H2,15,16,19,20,21). The summed E-state index contributed by atoms with van der Waals surface area (Å²) in [7, 11) is 0. The van der Waals surface area contributed by atoms with Gasteiger partial charge < -0.3 is 4.74 Å². The molecule has 0 aliphatic rings. The zero-order chi connectivity index (χ0) is 16.8. The Bertz CT molecular complexity index is 708. The Labute approximate surface area is 125 Å². The van der Waals surface area contributed by atoms with Crippen molar-refractivity contribution in [2.45, 2.75) is 18.4 Å². The molecule has 2 N–H and O–H groups in total. The molecular formula is C14H17N3O5. The highest BCUT2D eigenvalue weighted by Gasteiger charge is 2.42. The van der Waals surface area contributed by atoms with Crippen LogP contribution in [-0.2, 0) is 15.1 Å². The number of nitrogens with zero attached hydrogens (tertiary/aromatic N) is 1. The number of carbonyl (C=O) groups is 1. The third-order valence-electron chi connectivity index (χ3n) is 2.95. The van der Waals surface area contributed by atoms with E-state index in [4.69, 9.17) is 4.74 Å². The van der Waals surface area contributed by atoms with Crippen molar-refractivity contribution in [1.82, 2.24) is 14.5 Å². The third kappa shape index (κ3) is 3.22. The minimum atomic E-state index is -1.68. The number of ether oxygens (including phenoxy) is 1. The fourth-order valence-corrected chi connectivity index (χ4v) is 2.09. The lowest BCUT2D eigenvalue weighted by Gasteiger charge is -2.30. The van der Waals surface area contributed by atoms with Crippen molar-refractivity contribution in [1.29, 1.82) is 0 Å². The van der Waals surface area contributed by atoms with Crippen molar-refractivity contribution >= 4 is 5.97 Å². The summed E-state index contributed by atoms with van der Waals surface area (Å²) < 4.78 is 5.61. The highest BCUT2D eigenvalue weighted by atomic mass is 16.5. The molecule has 0 saturated heterocycles. The number of carbonyl (C=O) groups excluding carboxylic acids is 1. The Hall–Kier alpha value is -2.90. The van der Waals surface area contributed by atoms with Crippen molar-refractivity contribution in [3.05, 3.63) is 69.4 Å². The molecule has 1 aromatic rings. The minimum Gasteiger partial charge on any atom is -0.460 e. The van der Waals surface area contributed by atoms with E-state index in [1.54, 1.807) is 0 Å². The first-order valence-electron chi connectivity index (χ1n) is 6.39. The van der Waals surface area contributed by atoms with Crippen LogP contribution in [0.1, 0.15) is 12.8 Å². The maximum absolute atomic E-state index is 12.4. The van der Waals surface area contributed by atoms with Gasteiger partial charge in [0.05, 0.1) is 0 Å². The molecule has 0 fully saturated rings. The van der Waals surface area contributed by atoms with Gasteiger partial charge in [-0.05, 0) is 0 Å². The van der Waals surface area contributed by atoms with Crippen LogP contribution in [0.4, 0.5) is 0 Å². The molecule has 0 aliphatic carbocycles. The van der Waals surface area contributed by atoms with Gasteiger partial charge in [-0.3, -0.25) is 9.97 Å². The maximum atomic E-state index is 12.4. The topological polar surface area (TPSA) is 114 Å². The van der Waals surface area contributed by atoms with E-state index in [2.05, 4.69) is 19.7 Å². The average Bonchev–Trinajstić information content (AvgIpc) is 2.43. The fraction of sp³-hybridized carbons (Fsp3) is 0.286. The largest absolute Gasteiger partial charge is 0.460 e. The smallest absolute Gasteiger partial charge is 0.334 e. The zero-order valence-electron chi connectivity index (χ0n) is 12.0. The minimum absolute atomic E-state index is 0.0654. The maximum Gasteiger partial charge on any atom is 0.334 e. The molecule has 118 valence electrons. The monoisotopic (exact) mass is 307 g/mol. The molecule has 1 aromatic heterocycles. The Morgan fingerprint density at radius 1 is 1.05 bits per heavy atom. The van der Waals surface area contributed by atoms with Crippen LogP contribution in [0.3, 0.4) is 0 Å². The second-order valence-electron chi connectivity index (χ2n) is 4.43. The third-order valence-corrected chi connectivity index (χ3v) is 2.95. The van der Waals surface area contributed by atoms with Gasteiger partial charge >= 0.3 is 23.0 Å². The average molecular weight is 307 g/mol. The number of esters is 1. The van der Waals surface area contributed by atoms with Crippen LogP contribution in [0.15, 0.2) is 52.3 Å². The fourth-order valence-electron chi connectivity index (χ4n) is 2.09. The molecule has 22 heavy (non-hydrogen) atoms. The van der Waals surface area contributed by atoms with Crippen LogP contribution in [0.5, 0.6) is 0 Å². The van der Waals surface area contributed by atoms with Crippen molar-refractivity contribution in [2.75, 3.05) is 6.61 Å². The number of allylic oxidation sites excluding steroid dienone is 2. The van der Waals surface area contributed by atoms with E-state index >= 15 is 0 Å². The Kier molecular flexibility index (Phi) is 5.62. The number of hydrogen-bond acceptors (Lipinski definition) is 5. The molecule has 8 nitrogen and oxygen atoms in total. The molecule has 1 rings (SSSR count). The van der Waals surface area contributed by atoms with Crippen LogP contribution in [0, 0.1) is 0 Å². The van der Waals surface area contributed by atoms with Crippen molar-refractivity contribution in [3.63, 3.8) is 0 Å². The lowest BCUT2D eigenvalue weighted by Crippen LogP contribution is -2.57. The Morgan fingerprint density at radius 2 is 1.55 bits per heavy atom. The highest BCUT2D eigenvalue weighted by Crippen LogP contribution is 2.25. The van der Waals surface area contributed by atoms with Crippen molar-refractivity contribution in [3.8, 4) is 0 Å². The van der Waals surface area contributed by atoms with Gasteiger partial charge in [0.25, 0.3) is 0 Å². The number of aromatic amines is 2.